The maximum atomic E-state index is 10.3. The first-order valence-electron chi connectivity index (χ1n) is 6.38. The summed E-state index contributed by atoms with van der Waals surface area (Å²) in [5, 5.41) is 10.3. The Labute approximate surface area is 132 Å². The zero-order valence-corrected chi connectivity index (χ0v) is 13.5. The molecule has 0 heterocycles. The summed E-state index contributed by atoms with van der Waals surface area (Å²) in [6, 6.07) is 7.59. The summed E-state index contributed by atoms with van der Waals surface area (Å²) in [6.07, 6.45) is 8.57. The number of ether oxygens (including phenoxy) is 1. The molecule has 0 saturated heterocycles. The molecule has 2 nitrogen and oxygen atoms in total. The van der Waals surface area contributed by atoms with Gasteiger partial charge in [-0.1, -0.05) is 50.8 Å². The van der Waals surface area contributed by atoms with Crippen molar-refractivity contribution < 1.29 is 39.4 Å². The van der Waals surface area contributed by atoms with Crippen molar-refractivity contribution in [3.63, 3.8) is 0 Å². The second kappa shape index (κ2) is 11.6. The van der Waals surface area contributed by atoms with Crippen molar-refractivity contribution in [3.8, 4) is 5.75 Å². The Morgan fingerprint density at radius 2 is 1.72 bits per heavy atom. The molecule has 0 N–H and O–H groups in total. The third-order valence-corrected chi connectivity index (χ3v) is 2.66. The van der Waals surface area contributed by atoms with Gasteiger partial charge in [-0.15, -0.1) is 6.26 Å². The topological polar surface area (TPSA) is 32.3 Å². The van der Waals surface area contributed by atoms with Crippen molar-refractivity contribution >= 4 is 6.08 Å². The average Bonchev–Trinajstić information content (AvgIpc) is 2.36. The van der Waals surface area contributed by atoms with E-state index in [1.54, 1.807) is 0 Å². The van der Waals surface area contributed by atoms with Crippen LogP contribution in [0.2, 0.25) is 0 Å². The Morgan fingerprint density at radius 3 is 2.33 bits per heavy atom. The van der Waals surface area contributed by atoms with Crippen LogP contribution in [-0.2, 0) is 0 Å². The molecule has 1 aromatic carbocycles. The number of hydrogen-bond donors (Lipinski definition) is 0. The number of hydrogen-bond acceptors (Lipinski definition) is 2. The standard InChI is InChI=1S/C15H22O2.Na/c1-2-3-4-5-6-13-17-15-9-7-14(8-10-15)11-12-16;/h7-12,16H,2-6,13H2,1H3;/q;+1/p-1. The second-order valence-corrected chi connectivity index (χ2v) is 4.13. The average molecular weight is 256 g/mol. The van der Waals surface area contributed by atoms with Crippen molar-refractivity contribution in [2.45, 2.75) is 39.0 Å². The van der Waals surface area contributed by atoms with Gasteiger partial charge in [0, 0.05) is 0 Å². The Morgan fingerprint density at radius 1 is 1.06 bits per heavy atom. The first-order valence-corrected chi connectivity index (χ1v) is 6.38. The van der Waals surface area contributed by atoms with Crippen molar-refractivity contribution in [1.29, 1.82) is 0 Å². The predicted molar refractivity (Wildman–Crippen MR) is 69.7 cm³/mol. The molecule has 0 bridgehead atoms. The molecule has 3 heteroatoms. The molecule has 1 aromatic rings. The summed E-state index contributed by atoms with van der Waals surface area (Å²) >= 11 is 0. The minimum Gasteiger partial charge on any atom is -0.878 e. The van der Waals surface area contributed by atoms with E-state index in [2.05, 4.69) is 6.92 Å². The van der Waals surface area contributed by atoms with Crippen LogP contribution in [0.5, 0.6) is 5.75 Å². The quantitative estimate of drug-likeness (QED) is 0.382. The van der Waals surface area contributed by atoms with Crippen LogP contribution in [0.25, 0.3) is 6.08 Å². The van der Waals surface area contributed by atoms with Gasteiger partial charge in [0.05, 0.1) is 6.61 Å². The van der Waals surface area contributed by atoms with Crippen molar-refractivity contribution in [1.82, 2.24) is 0 Å². The summed E-state index contributed by atoms with van der Waals surface area (Å²) in [5.74, 6) is 0.878. The van der Waals surface area contributed by atoms with Gasteiger partial charge < -0.3 is 9.84 Å². The normalized spacial score (nSPS) is 10.3. The van der Waals surface area contributed by atoms with E-state index in [1.807, 2.05) is 24.3 Å². The van der Waals surface area contributed by atoms with Crippen LogP contribution >= 0.6 is 0 Å². The van der Waals surface area contributed by atoms with Crippen LogP contribution < -0.4 is 39.4 Å². The van der Waals surface area contributed by atoms with Crippen LogP contribution in [-0.4, -0.2) is 6.61 Å². The molecule has 0 saturated carbocycles. The summed E-state index contributed by atoms with van der Waals surface area (Å²) in [4.78, 5) is 0. The fourth-order valence-electron chi connectivity index (χ4n) is 1.65. The zero-order chi connectivity index (χ0) is 12.3. The van der Waals surface area contributed by atoms with E-state index in [0.717, 1.165) is 30.6 Å². The smallest absolute Gasteiger partial charge is 0.878 e. The molecule has 0 spiro atoms. The van der Waals surface area contributed by atoms with Crippen molar-refractivity contribution in [2.24, 2.45) is 0 Å². The van der Waals surface area contributed by atoms with E-state index < -0.39 is 0 Å². The Bertz CT molecular complexity index is 320. The van der Waals surface area contributed by atoms with E-state index in [4.69, 9.17) is 4.74 Å². The third-order valence-electron chi connectivity index (χ3n) is 2.66. The molecule has 18 heavy (non-hydrogen) atoms. The molecule has 0 unspecified atom stereocenters. The molecule has 0 aliphatic carbocycles. The summed E-state index contributed by atoms with van der Waals surface area (Å²) in [6.45, 7) is 2.99. The van der Waals surface area contributed by atoms with E-state index >= 15 is 0 Å². The maximum absolute atomic E-state index is 10.3. The Hall–Kier alpha value is -0.440. The first-order chi connectivity index (χ1) is 8.36. The minimum atomic E-state index is 0. The number of unbranched alkanes of at least 4 members (excludes halogenated alkanes) is 4. The molecule has 0 aromatic heterocycles. The fraction of sp³-hybridized carbons (Fsp3) is 0.467. The largest absolute Gasteiger partial charge is 1.00 e. The van der Waals surface area contributed by atoms with Gasteiger partial charge in [-0.25, -0.2) is 0 Å². The number of rotatable bonds is 8. The van der Waals surface area contributed by atoms with Gasteiger partial charge in [-0.3, -0.25) is 0 Å². The summed E-state index contributed by atoms with van der Waals surface area (Å²) < 4.78 is 5.62. The SMILES string of the molecule is CCCCCCCOc1ccc(C=C[O-])cc1.[Na+]. The van der Waals surface area contributed by atoms with E-state index in [0.29, 0.717) is 0 Å². The predicted octanol–water partition coefficient (Wildman–Crippen LogP) is 0.371. The van der Waals surface area contributed by atoms with Crippen LogP contribution in [0.1, 0.15) is 44.6 Å². The van der Waals surface area contributed by atoms with Gasteiger partial charge in [-0.05, 0) is 24.1 Å². The molecule has 0 radical (unpaired) electrons. The van der Waals surface area contributed by atoms with Gasteiger partial charge in [0.15, 0.2) is 0 Å². The van der Waals surface area contributed by atoms with Crippen LogP contribution in [0.3, 0.4) is 0 Å². The van der Waals surface area contributed by atoms with E-state index in [9.17, 15) is 5.11 Å². The fourth-order valence-corrected chi connectivity index (χ4v) is 1.65. The third kappa shape index (κ3) is 7.80. The van der Waals surface area contributed by atoms with Crippen molar-refractivity contribution in [2.75, 3.05) is 6.61 Å². The van der Waals surface area contributed by atoms with Gasteiger partial charge in [0.25, 0.3) is 0 Å². The Balaban J connectivity index is 0.00000289. The molecule has 0 fully saturated rings. The van der Waals surface area contributed by atoms with Crippen LogP contribution in [0.4, 0.5) is 0 Å². The first kappa shape index (κ1) is 17.6. The number of benzene rings is 1. The van der Waals surface area contributed by atoms with E-state index in [1.165, 1.54) is 31.8 Å². The molecule has 0 atom stereocenters. The minimum absolute atomic E-state index is 0. The molecule has 0 aliphatic rings. The molecule has 0 aliphatic heterocycles. The second-order valence-electron chi connectivity index (χ2n) is 4.13. The molecule has 94 valence electrons. The van der Waals surface area contributed by atoms with Gasteiger partial charge in [0.1, 0.15) is 5.75 Å². The monoisotopic (exact) mass is 256 g/mol. The summed E-state index contributed by atoms with van der Waals surface area (Å²) in [5.41, 5.74) is 0.912. The molecule has 0 amide bonds. The van der Waals surface area contributed by atoms with E-state index in [-0.39, 0.29) is 29.6 Å². The zero-order valence-electron chi connectivity index (χ0n) is 11.5. The van der Waals surface area contributed by atoms with Crippen molar-refractivity contribution in [3.05, 3.63) is 36.1 Å². The molecule has 1 rings (SSSR count). The summed E-state index contributed by atoms with van der Waals surface area (Å²) in [7, 11) is 0. The maximum Gasteiger partial charge on any atom is 1.00 e. The van der Waals surface area contributed by atoms with Crippen LogP contribution in [0, 0.1) is 0 Å². The molecular formula is C15H21NaO2. The van der Waals surface area contributed by atoms with Gasteiger partial charge in [-0.2, -0.15) is 0 Å². The van der Waals surface area contributed by atoms with Gasteiger partial charge >= 0.3 is 29.6 Å². The molecular weight excluding hydrogens is 235 g/mol. The van der Waals surface area contributed by atoms with Gasteiger partial charge in [0.2, 0.25) is 0 Å². The van der Waals surface area contributed by atoms with Crippen LogP contribution in [0.15, 0.2) is 30.5 Å². The Kier molecular flexibility index (Phi) is 11.4.